The number of hydrogen-bond donors (Lipinski definition) is 1. The third-order valence-corrected chi connectivity index (χ3v) is 4.41. The lowest BCUT2D eigenvalue weighted by Gasteiger charge is -2.32. The van der Waals surface area contributed by atoms with Crippen LogP contribution in [0, 0.1) is 6.92 Å². The van der Waals surface area contributed by atoms with Crippen molar-refractivity contribution in [2.24, 2.45) is 0 Å². The summed E-state index contributed by atoms with van der Waals surface area (Å²) in [6, 6.07) is 3.90. The monoisotopic (exact) mass is 301 g/mol. The topological polar surface area (TPSA) is 62.1 Å². The van der Waals surface area contributed by atoms with Crippen LogP contribution in [0.5, 0.6) is 0 Å². The zero-order valence-corrected chi connectivity index (χ0v) is 13.4. The number of rotatable bonds is 3. The Kier molecular flexibility index (Phi) is 4.05. The van der Waals surface area contributed by atoms with Crippen molar-refractivity contribution in [1.29, 1.82) is 0 Å². The van der Waals surface area contributed by atoms with Crippen molar-refractivity contribution in [3.8, 4) is 0 Å². The summed E-state index contributed by atoms with van der Waals surface area (Å²) in [5, 5.41) is 7.05. The van der Waals surface area contributed by atoms with E-state index >= 15 is 0 Å². The van der Waals surface area contributed by atoms with E-state index in [-0.39, 0.29) is 5.91 Å². The lowest BCUT2D eigenvalue weighted by Crippen LogP contribution is -2.39. The Morgan fingerprint density at radius 3 is 2.95 bits per heavy atom. The lowest BCUT2D eigenvalue weighted by atomic mass is 9.94. The van der Waals surface area contributed by atoms with Crippen molar-refractivity contribution >= 4 is 5.91 Å². The summed E-state index contributed by atoms with van der Waals surface area (Å²) in [6.45, 7) is 7.56. The molecule has 0 spiro atoms. The molecule has 0 radical (unpaired) electrons. The molecule has 0 aromatic carbocycles. The first-order valence-corrected chi connectivity index (χ1v) is 7.95. The predicted molar refractivity (Wildman–Crippen MR) is 84.0 cm³/mol. The molecule has 0 aliphatic carbocycles. The van der Waals surface area contributed by atoms with Gasteiger partial charge in [-0.25, -0.2) is 0 Å². The fourth-order valence-corrected chi connectivity index (χ4v) is 3.08. The molecule has 22 heavy (non-hydrogen) atoms. The van der Waals surface area contributed by atoms with Crippen molar-refractivity contribution in [3.63, 3.8) is 0 Å². The SMILES string of the molecule is Cc1oc(C(C)C)cc1C(=O)N1CCCC(c2ccn[nH]2)C1. The van der Waals surface area contributed by atoms with Gasteiger partial charge in [0.25, 0.3) is 5.91 Å². The number of hydrogen-bond acceptors (Lipinski definition) is 3. The number of likely N-dealkylation sites (tertiary alicyclic amines) is 1. The standard InChI is InChI=1S/C17H23N3O2/c1-11(2)16-9-14(12(3)22-16)17(21)20-8-4-5-13(10-20)15-6-7-18-19-15/h6-7,9,11,13H,4-5,8,10H2,1-3H3,(H,18,19). The van der Waals surface area contributed by atoms with Crippen LogP contribution in [-0.2, 0) is 0 Å². The molecule has 1 aliphatic rings. The van der Waals surface area contributed by atoms with E-state index in [1.54, 1.807) is 6.20 Å². The molecular weight excluding hydrogens is 278 g/mol. The van der Waals surface area contributed by atoms with Gasteiger partial charge in [0.2, 0.25) is 0 Å². The van der Waals surface area contributed by atoms with Gasteiger partial charge in [0.05, 0.1) is 5.56 Å². The largest absolute Gasteiger partial charge is 0.465 e. The molecule has 1 unspecified atom stereocenters. The first-order chi connectivity index (χ1) is 10.6. The molecule has 1 aliphatic heterocycles. The Labute approximate surface area is 130 Å². The third kappa shape index (κ3) is 2.80. The molecule has 118 valence electrons. The van der Waals surface area contributed by atoms with Gasteiger partial charge in [-0.05, 0) is 31.9 Å². The highest BCUT2D eigenvalue weighted by atomic mass is 16.3. The molecule has 0 bridgehead atoms. The fourth-order valence-electron chi connectivity index (χ4n) is 3.08. The van der Waals surface area contributed by atoms with Crippen molar-refractivity contribution in [3.05, 3.63) is 41.1 Å². The normalized spacial score (nSPS) is 18.9. The van der Waals surface area contributed by atoms with Crippen LogP contribution in [0.4, 0.5) is 0 Å². The van der Waals surface area contributed by atoms with Crippen LogP contribution in [0.2, 0.25) is 0 Å². The van der Waals surface area contributed by atoms with Crippen molar-refractivity contribution in [2.45, 2.75) is 45.4 Å². The average Bonchev–Trinajstić information content (AvgIpc) is 3.16. The van der Waals surface area contributed by atoms with Crippen LogP contribution in [0.3, 0.4) is 0 Å². The highest BCUT2D eigenvalue weighted by Crippen LogP contribution is 2.28. The summed E-state index contributed by atoms with van der Waals surface area (Å²) in [7, 11) is 0. The minimum atomic E-state index is 0.0809. The Hall–Kier alpha value is -2.04. The van der Waals surface area contributed by atoms with E-state index in [0.717, 1.165) is 43.1 Å². The van der Waals surface area contributed by atoms with Gasteiger partial charge in [-0.1, -0.05) is 13.8 Å². The second kappa shape index (κ2) is 5.99. The first-order valence-electron chi connectivity index (χ1n) is 7.95. The number of carbonyl (C=O) groups is 1. The van der Waals surface area contributed by atoms with Gasteiger partial charge in [0.15, 0.2) is 0 Å². The number of H-pyrrole nitrogens is 1. The lowest BCUT2D eigenvalue weighted by molar-refractivity contribution is 0.0704. The molecule has 3 rings (SSSR count). The number of nitrogens with zero attached hydrogens (tertiary/aromatic N) is 2. The molecule has 1 amide bonds. The molecule has 1 N–H and O–H groups in total. The molecule has 5 heteroatoms. The molecule has 5 nitrogen and oxygen atoms in total. The van der Waals surface area contributed by atoms with Gasteiger partial charge in [0, 0.05) is 36.8 Å². The number of aromatic nitrogens is 2. The van der Waals surface area contributed by atoms with Crippen molar-refractivity contribution < 1.29 is 9.21 Å². The minimum Gasteiger partial charge on any atom is -0.465 e. The maximum atomic E-state index is 12.8. The molecule has 0 saturated carbocycles. The zero-order valence-electron chi connectivity index (χ0n) is 13.4. The van der Waals surface area contributed by atoms with Gasteiger partial charge in [-0.3, -0.25) is 9.89 Å². The summed E-state index contributed by atoms with van der Waals surface area (Å²) in [5.74, 6) is 2.31. The van der Waals surface area contributed by atoms with Crippen LogP contribution in [0.1, 0.15) is 66.1 Å². The Balaban J connectivity index is 1.77. The highest BCUT2D eigenvalue weighted by molar-refractivity contribution is 5.95. The molecule has 1 atom stereocenters. The predicted octanol–water partition coefficient (Wildman–Crippen LogP) is 3.45. The smallest absolute Gasteiger partial charge is 0.257 e. The van der Waals surface area contributed by atoms with E-state index in [2.05, 4.69) is 24.0 Å². The van der Waals surface area contributed by atoms with Gasteiger partial charge >= 0.3 is 0 Å². The molecule has 1 saturated heterocycles. The average molecular weight is 301 g/mol. The molecular formula is C17H23N3O2. The van der Waals surface area contributed by atoms with E-state index in [1.165, 1.54) is 0 Å². The summed E-state index contributed by atoms with van der Waals surface area (Å²) in [4.78, 5) is 14.8. The Bertz CT molecular complexity index is 643. The number of piperidine rings is 1. The fraction of sp³-hybridized carbons (Fsp3) is 0.529. The molecule has 2 aromatic heterocycles. The second-order valence-electron chi connectivity index (χ2n) is 6.38. The van der Waals surface area contributed by atoms with E-state index in [4.69, 9.17) is 4.42 Å². The Morgan fingerprint density at radius 2 is 2.32 bits per heavy atom. The molecule has 3 heterocycles. The van der Waals surface area contributed by atoms with Gasteiger partial charge in [-0.2, -0.15) is 5.10 Å². The number of amides is 1. The zero-order chi connectivity index (χ0) is 15.7. The summed E-state index contributed by atoms with van der Waals surface area (Å²) >= 11 is 0. The van der Waals surface area contributed by atoms with Crippen LogP contribution in [0.25, 0.3) is 0 Å². The first kappa shape index (κ1) is 14.9. The number of carbonyl (C=O) groups excluding carboxylic acids is 1. The van der Waals surface area contributed by atoms with Crippen molar-refractivity contribution in [2.75, 3.05) is 13.1 Å². The molecule has 2 aromatic rings. The van der Waals surface area contributed by atoms with Gasteiger partial charge < -0.3 is 9.32 Å². The number of nitrogens with one attached hydrogen (secondary N) is 1. The van der Waals surface area contributed by atoms with Gasteiger partial charge in [0.1, 0.15) is 11.5 Å². The highest BCUT2D eigenvalue weighted by Gasteiger charge is 2.28. The van der Waals surface area contributed by atoms with Crippen LogP contribution in [-0.4, -0.2) is 34.1 Å². The number of aryl methyl sites for hydroxylation is 1. The maximum Gasteiger partial charge on any atom is 0.257 e. The molecule has 1 fully saturated rings. The van der Waals surface area contributed by atoms with E-state index in [0.29, 0.717) is 17.4 Å². The maximum absolute atomic E-state index is 12.8. The van der Waals surface area contributed by atoms with Crippen LogP contribution in [0.15, 0.2) is 22.7 Å². The quantitative estimate of drug-likeness (QED) is 0.944. The Morgan fingerprint density at radius 1 is 1.50 bits per heavy atom. The van der Waals surface area contributed by atoms with E-state index in [9.17, 15) is 4.79 Å². The van der Waals surface area contributed by atoms with E-state index in [1.807, 2.05) is 24.0 Å². The number of furan rings is 1. The third-order valence-electron chi connectivity index (χ3n) is 4.41. The van der Waals surface area contributed by atoms with Crippen LogP contribution >= 0.6 is 0 Å². The minimum absolute atomic E-state index is 0.0809. The number of aromatic amines is 1. The van der Waals surface area contributed by atoms with Crippen molar-refractivity contribution in [1.82, 2.24) is 15.1 Å². The van der Waals surface area contributed by atoms with Crippen LogP contribution < -0.4 is 0 Å². The van der Waals surface area contributed by atoms with E-state index < -0.39 is 0 Å². The second-order valence-corrected chi connectivity index (χ2v) is 6.38. The summed E-state index contributed by atoms with van der Waals surface area (Å²) in [6.07, 6.45) is 3.88. The van der Waals surface area contributed by atoms with Gasteiger partial charge in [-0.15, -0.1) is 0 Å². The summed E-state index contributed by atoms with van der Waals surface area (Å²) < 4.78 is 5.72. The summed E-state index contributed by atoms with van der Waals surface area (Å²) in [5.41, 5.74) is 1.82.